The van der Waals surface area contributed by atoms with E-state index in [1.807, 2.05) is 66.2 Å². The Balaban J connectivity index is 1.44. The monoisotopic (exact) mass is 429 g/mol. The minimum atomic E-state index is -0.552. The van der Waals surface area contributed by atoms with Crippen molar-refractivity contribution in [2.24, 2.45) is 5.92 Å². The zero-order chi connectivity index (χ0) is 22.1. The normalized spacial score (nSPS) is 21.0. The first kappa shape index (κ1) is 20.5. The molecular weight excluding hydrogens is 402 g/mol. The number of rotatable bonds is 5. The Hall–Kier alpha value is -3.45. The fourth-order valence-corrected chi connectivity index (χ4v) is 4.39. The lowest BCUT2D eigenvalue weighted by Gasteiger charge is -2.32. The Labute approximate surface area is 186 Å². The molecule has 5 rings (SSSR count). The van der Waals surface area contributed by atoms with E-state index in [1.54, 1.807) is 0 Å². The van der Waals surface area contributed by atoms with Crippen molar-refractivity contribution in [3.63, 3.8) is 0 Å². The first-order valence-electron chi connectivity index (χ1n) is 11.0. The molecule has 2 aromatic carbocycles. The van der Waals surface area contributed by atoms with E-state index in [2.05, 4.69) is 9.97 Å². The number of benzene rings is 2. The molecular formula is C25H27N5O2. The highest BCUT2D eigenvalue weighted by Gasteiger charge is 2.29. The number of aliphatic hydroxyl groups is 1. The van der Waals surface area contributed by atoms with Gasteiger partial charge in [0.1, 0.15) is 29.3 Å². The third-order valence-electron chi connectivity index (χ3n) is 6.28. The van der Waals surface area contributed by atoms with Crippen LogP contribution in [0.2, 0.25) is 0 Å². The lowest BCUT2D eigenvalue weighted by molar-refractivity contribution is 0.00550. The minimum absolute atomic E-state index is 0.424. The van der Waals surface area contributed by atoms with Gasteiger partial charge >= 0.3 is 0 Å². The summed E-state index contributed by atoms with van der Waals surface area (Å²) in [6.45, 7) is 2.67. The van der Waals surface area contributed by atoms with Crippen molar-refractivity contribution < 1.29 is 9.84 Å². The van der Waals surface area contributed by atoms with Gasteiger partial charge in [-0.2, -0.15) is 5.10 Å². The van der Waals surface area contributed by atoms with Crippen LogP contribution in [0.3, 0.4) is 0 Å². The van der Waals surface area contributed by atoms with Crippen LogP contribution in [-0.4, -0.2) is 30.5 Å². The van der Waals surface area contributed by atoms with Crippen LogP contribution in [0.4, 0.5) is 5.82 Å². The van der Waals surface area contributed by atoms with Crippen molar-refractivity contribution >= 4 is 16.9 Å². The van der Waals surface area contributed by atoms with Crippen LogP contribution in [-0.2, 0) is 6.54 Å². The van der Waals surface area contributed by atoms with Crippen molar-refractivity contribution in [3.8, 4) is 22.8 Å². The summed E-state index contributed by atoms with van der Waals surface area (Å²) in [6, 6.07) is 17.5. The van der Waals surface area contributed by atoms with Gasteiger partial charge in [-0.05, 0) is 74.9 Å². The Morgan fingerprint density at radius 1 is 1.03 bits per heavy atom. The molecule has 0 spiro atoms. The standard InChI is InChI=1S/C25H27N5O2/c1-25(31)13-11-17(12-14-25)15-30-24-21(23(26)27-16-28-24)22(29-30)18-7-9-20(10-8-18)32-19-5-3-2-4-6-19/h2-10,16-17,31H,11-15H2,1H3,(H2,26,27,28). The second-order valence-electron chi connectivity index (χ2n) is 8.87. The van der Waals surface area contributed by atoms with Gasteiger partial charge in [0.2, 0.25) is 0 Å². The highest BCUT2D eigenvalue weighted by molar-refractivity contribution is 5.98. The van der Waals surface area contributed by atoms with Gasteiger partial charge in [-0.3, -0.25) is 0 Å². The molecule has 0 aliphatic heterocycles. The van der Waals surface area contributed by atoms with Gasteiger partial charge in [0.05, 0.1) is 11.0 Å². The molecule has 0 amide bonds. The van der Waals surface area contributed by atoms with Crippen molar-refractivity contribution in [2.75, 3.05) is 5.73 Å². The van der Waals surface area contributed by atoms with Crippen molar-refractivity contribution in [1.82, 2.24) is 19.7 Å². The molecule has 0 saturated heterocycles. The number of nitrogen functional groups attached to an aromatic ring is 1. The van der Waals surface area contributed by atoms with E-state index in [4.69, 9.17) is 15.6 Å². The Bertz CT molecular complexity index is 1210. The number of para-hydroxylation sites is 1. The van der Waals surface area contributed by atoms with Crippen LogP contribution in [0.5, 0.6) is 11.5 Å². The number of anilines is 1. The molecule has 0 bridgehead atoms. The summed E-state index contributed by atoms with van der Waals surface area (Å²) in [5, 5.41) is 15.9. The maximum atomic E-state index is 10.3. The third-order valence-corrected chi connectivity index (χ3v) is 6.28. The topological polar surface area (TPSA) is 99.1 Å². The average Bonchev–Trinajstić information content (AvgIpc) is 3.16. The second-order valence-corrected chi connectivity index (χ2v) is 8.87. The summed E-state index contributed by atoms with van der Waals surface area (Å²) in [6.07, 6.45) is 5.04. The summed E-state index contributed by atoms with van der Waals surface area (Å²) in [5.41, 5.74) is 8.14. The van der Waals surface area contributed by atoms with E-state index < -0.39 is 5.60 Å². The molecule has 2 aromatic heterocycles. The molecule has 7 heteroatoms. The largest absolute Gasteiger partial charge is 0.457 e. The number of nitrogens with two attached hydrogens (primary N) is 1. The summed E-state index contributed by atoms with van der Waals surface area (Å²) < 4.78 is 7.85. The molecule has 2 heterocycles. The fourth-order valence-electron chi connectivity index (χ4n) is 4.39. The first-order chi connectivity index (χ1) is 15.5. The SMILES string of the molecule is CC1(O)CCC(Cn2nc(-c3ccc(Oc4ccccc4)cc3)c3c(N)ncnc32)CC1. The Morgan fingerprint density at radius 2 is 1.72 bits per heavy atom. The van der Waals surface area contributed by atoms with Gasteiger partial charge in [-0.1, -0.05) is 18.2 Å². The molecule has 164 valence electrons. The Morgan fingerprint density at radius 3 is 2.44 bits per heavy atom. The van der Waals surface area contributed by atoms with E-state index >= 15 is 0 Å². The lowest BCUT2D eigenvalue weighted by atomic mass is 9.80. The van der Waals surface area contributed by atoms with Crippen LogP contribution in [0.1, 0.15) is 32.6 Å². The molecule has 1 fully saturated rings. The number of ether oxygens (including phenoxy) is 1. The predicted molar refractivity (Wildman–Crippen MR) is 124 cm³/mol. The van der Waals surface area contributed by atoms with E-state index in [1.165, 1.54) is 6.33 Å². The van der Waals surface area contributed by atoms with Crippen LogP contribution in [0.25, 0.3) is 22.3 Å². The van der Waals surface area contributed by atoms with Gasteiger partial charge in [0.25, 0.3) is 0 Å². The van der Waals surface area contributed by atoms with Crippen LogP contribution in [0, 0.1) is 5.92 Å². The van der Waals surface area contributed by atoms with Gasteiger partial charge in [0, 0.05) is 12.1 Å². The van der Waals surface area contributed by atoms with Crippen molar-refractivity contribution in [2.45, 2.75) is 44.8 Å². The maximum absolute atomic E-state index is 10.3. The quantitative estimate of drug-likeness (QED) is 0.472. The van der Waals surface area contributed by atoms with Gasteiger partial charge in [-0.15, -0.1) is 0 Å². The smallest absolute Gasteiger partial charge is 0.163 e. The number of fused-ring (bicyclic) bond motifs is 1. The van der Waals surface area contributed by atoms with E-state index in [0.29, 0.717) is 11.7 Å². The highest BCUT2D eigenvalue weighted by Crippen LogP contribution is 2.35. The molecule has 3 N–H and O–H groups in total. The molecule has 1 aliphatic rings. The molecule has 7 nitrogen and oxygen atoms in total. The van der Waals surface area contributed by atoms with Crippen molar-refractivity contribution in [3.05, 3.63) is 60.9 Å². The molecule has 0 atom stereocenters. The van der Waals surface area contributed by atoms with Gasteiger partial charge in [0.15, 0.2) is 5.65 Å². The van der Waals surface area contributed by atoms with Gasteiger partial charge < -0.3 is 15.6 Å². The minimum Gasteiger partial charge on any atom is -0.457 e. The number of nitrogens with zero attached hydrogens (tertiary/aromatic N) is 4. The molecule has 4 aromatic rings. The highest BCUT2D eigenvalue weighted by atomic mass is 16.5. The molecule has 1 saturated carbocycles. The van der Waals surface area contributed by atoms with Crippen LogP contribution in [0.15, 0.2) is 60.9 Å². The van der Waals surface area contributed by atoms with Crippen LogP contribution < -0.4 is 10.5 Å². The zero-order valence-corrected chi connectivity index (χ0v) is 18.1. The Kier molecular flexibility index (Phi) is 5.27. The summed E-state index contributed by atoms with van der Waals surface area (Å²) in [4.78, 5) is 8.69. The fraction of sp³-hybridized carbons (Fsp3) is 0.320. The second kappa shape index (κ2) is 8.24. The number of hydrogen-bond acceptors (Lipinski definition) is 6. The van der Waals surface area contributed by atoms with Gasteiger partial charge in [-0.25, -0.2) is 14.6 Å². The number of aromatic nitrogens is 4. The third kappa shape index (κ3) is 4.16. The molecule has 1 aliphatic carbocycles. The zero-order valence-electron chi connectivity index (χ0n) is 18.1. The maximum Gasteiger partial charge on any atom is 0.163 e. The average molecular weight is 430 g/mol. The van der Waals surface area contributed by atoms with Crippen LogP contribution >= 0.6 is 0 Å². The predicted octanol–water partition coefficient (Wildman–Crippen LogP) is 4.81. The van der Waals surface area contributed by atoms with E-state index in [0.717, 1.165) is 66.0 Å². The van der Waals surface area contributed by atoms with E-state index in [-0.39, 0.29) is 0 Å². The molecule has 0 radical (unpaired) electrons. The first-order valence-corrected chi connectivity index (χ1v) is 11.0. The van der Waals surface area contributed by atoms with Crippen molar-refractivity contribution in [1.29, 1.82) is 0 Å². The van der Waals surface area contributed by atoms with E-state index in [9.17, 15) is 5.11 Å². The molecule has 0 unspecified atom stereocenters. The summed E-state index contributed by atoms with van der Waals surface area (Å²) >= 11 is 0. The lowest BCUT2D eigenvalue weighted by Crippen LogP contribution is -2.31. The summed E-state index contributed by atoms with van der Waals surface area (Å²) in [5.74, 6) is 2.41. The number of hydrogen-bond donors (Lipinski definition) is 2. The molecule has 32 heavy (non-hydrogen) atoms. The summed E-state index contributed by atoms with van der Waals surface area (Å²) in [7, 11) is 0.